The van der Waals surface area contributed by atoms with Gasteiger partial charge >= 0.3 is 5.97 Å². The van der Waals surface area contributed by atoms with E-state index in [0.29, 0.717) is 11.1 Å². The summed E-state index contributed by atoms with van der Waals surface area (Å²) in [5, 5.41) is 18.2. The van der Waals surface area contributed by atoms with Gasteiger partial charge in [0, 0.05) is 11.6 Å². The van der Waals surface area contributed by atoms with Gasteiger partial charge in [-0.1, -0.05) is 41.4 Å². The highest BCUT2D eigenvalue weighted by Gasteiger charge is 2.10. The largest absolute Gasteiger partial charge is 0.486 e. The number of halogens is 2. The Bertz CT molecular complexity index is 787. The van der Waals surface area contributed by atoms with E-state index in [4.69, 9.17) is 38.3 Å². The molecular weight excluding hydrogens is 337 g/mol. The van der Waals surface area contributed by atoms with E-state index >= 15 is 0 Å². The smallest absolute Gasteiger partial charge is 0.328 e. The Morgan fingerprint density at radius 2 is 1.91 bits per heavy atom. The zero-order valence-electron chi connectivity index (χ0n) is 11.8. The number of carboxylic acids is 1. The van der Waals surface area contributed by atoms with E-state index in [2.05, 4.69) is 6.07 Å². The molecule has 0 radical (unpaired) electrons. The molecule has 0 aromatic heterocycles. The fourth-order valence-corrected chi connectivity index (χ4v) is 2.50. The molecule has 2 rings (SSSR count). The Kier molecular flexibility index (Phi) is 5.64. The molecule has 0 unspecified atom stereocenters. The molecule has 23 heavy (non-hydrogen) atoms. The molecule has 1 N–H and O–H groups in total. The van der Waals surface area contributed by atoms with Gasteiger partial charge in [-0.05, 0) is 29.8 Å². The number of carbonyl (C=O) groups is 1. The maximum Gasteiger partial charge on any atom is 0.328 e. The number of ether oxygens (including phenoxy) is 1. The summed E-state index contributed by atoms with van der Waals surface area (Å²) in [5.41, 5.74) is 1.78. The Morgan fingerprint density at radius 3 is 2.52 bits per heavy atom. The van der Waals surface area contributed by atoms with Crippen LogP contribution in [-0.4, -0.2) is 11.1 Å². The van der Waals surface area contributed by atoms with Gasteiger partial charge in [-0.25, -0.2) is 4.79 Å². The molecule has 0 saturated carbocycles. The van der Waals surface area contributed by atoms with E-state index in [1.165, 1.54) is 6.08 Å². The van der Waals surface area contributed by atoms with Crippen LogP contribution in [0, 0.1) is 11.3 Å². The zero-order chi connectivity index (χ0) is 16.8. The summed E-state index contributed by atoms with van der Waals surface area (Å²) in [6.07, 6.45) is 2.38. The summed E-state index contributed by atoms with van der Waals surface area (Å²) < 4.78 is 5.62. The summed E-state index contributed by atoms with van der Waals surface area (Å²) in [5.74, 6) is -0.778. The van der Waals surface area contributed by atoms with E-state index in [9.17, 15) is 4.79 Å². The molecule has 2 aromatic carbocycles. The summed E-state index contributed by atoms with van der Waals surface area (Å²) in [6.45, 7) is 0.146. The topological polar surface area (TPSA) is 70.3 Å². The van der Waals surface area contributed by atoms with Gasteiger partial charge in [0.05, 0.1) is 21.7 Å². The molecule has 6 heteroatoms. The quantitative estimate of drug-likeness (QED) is 0.805. The van der Waals surface area contributed by atoms with Crippen LogP contribution in [0.4, 0.5) is 0 Å². The molecule has 0 atom stereocenters. The number of carboxylic acid groups (broad SMARTS) is 1. The Balaban J connectivity index is 2.21. The van der Waals surface area contributed by atoms with Gasteiger partial charge in [0.25, 0.3) is 0 Å². The first-order valence-corrected chi connectivity index (χ1v) is 7.27. The first kappa shape index (κ1) is 16.9. The van der Waals surface area contributed by atoms with Crippen LogP contribution < -0.4 is 4.74 Å². The van der Waals surface area contributed by atoms with E-state index in [1.54, 1.807) is 30.3 Å². The van der Waals surface area contributed by atoms with Crippen LogP contribution in [0.15, 0.2) is 42.5 Å². The van der Waals surface area contributed by atoms with Crippen molar-refractivity contribution in [3.05, 3.63) is 69.2 Å². The maximum atomic E-state index is 10.5. The standard InChI is InChI=1S/C17H11Cl2NO3/c18-14-7-11(5-6-16(21)22)8-15(19)17(14)23-10-13-4-2-1-3-12(13)9-20/h1-8H,10H2,(H,21,22). The molecule has 0 saturated heterocycles. The molecule has 0 bridgehead atoms. The van der Waals surface area contributed by atoms with Crippen LogP contribution in [0.3, 0.4) is 0 Å². The minimum absolute atomic E-state index is 0.146. The van der Waals surface area contributed by atoms with Gasteiger partial charge in [0.1, 0.15) is 6.61 Å². The highest BCUT2D eigenvalue weighted by molar-refractivity contribution is 6.37. The lowest BCUT2D eigenvalue weighted by atomic mass is 10.1. The average Bonchev–Trinajstić information content (AvgIpc) is 2.52. The number of hydrogen-bond donors (Lipinski definition) is 1. The minimum Gasteiger partial charge on any atom is -0.486 e. The number of nitrogens with zero attached hydrogens (tertiary/aromatic N) is 1. The fourth-order valence-electron chi connectivity index (χ4n) is 1.89. The van der Waals surface area contributed by atoms with Crippen molar-refractivity contribution < 1.29 is 14.6 Å². The third-order valence-electron chi connectivity index (χ3n) is 2.95. The SMILES string of the molecule is N#Cc1ccccc1COc1c(Cl)cc(C=CC(=O)O)cc1Cl. The van der Waals surface area contributed by atoms with Crippen molar-refractivity contribution in [3.63, 3.8) is 0 Å². The highest BCUT2D eigenvalue weighted by atomic mass is 35.5. The third-order valence-corrected chi connectivity index (χ3v) is 3.51. The molecule has 0 fully saturated rings. The van der Waals surface area contributed by atoms with Crippen LogP contribution in [0.2, 0.25) is 10.0 Å². The van der Waals surface area contributed by atoms with Crippen molar-refractivity contribution in [2.45, 2.75) is 6.61 Å². The van der Waals surface area contributed by atoms with E-state index < -0.39 is 5.97 Å². The Morgan fingerprint density at radius 1 is 1.26 bits per heavy atom. The van der Waals surface area contributed by atoms with Crippen LogP contribution in [-0.2, 0) is 11.4 Å². The van der Waals surface area contributed by atoms with E-state index in [0.717, 1.165) is 11.6 Å². The molecule has 4 nitrogen and oxygen atoms in total. The van der Waals surface area contributed by atoms with Gasteiger partial charge in [-0.2, -0.15) is 5.26 Å². The molecule has 116 valence electrons. The highest BCUT2D eigenvalue weighted by Crippen LogP contribution is 2.35. The predicted octanol–water partition coefficient (Wildman–Crippen LogP) is 4.54. The van der Waals surface area contributed by atoms with Crippen LogP contribution >= 0.6 is 23.2 Å². The van der Waals surface area contributed by atoms with Crippen LogP contribution in [0.1, 0.15) is 16.7 Å². The van der Waals surface area contributed by atoms with Crippen LogP contribution in [0.5, 0.6) is 5.75 Å². The van der Waals surface area contributed by atoms with Gasteiger partial charge in [0.2, 0.25) is 0 Å². The summed E-state index contributed by atoms with van der Waals surface area (Å²) in [7, 11) is 0. The third kappa shape index (κ3) is 4.49. The van der Waals surface area contributed by atoms with Crippen molar-refractivity contribution in [2.24, 2.45) is 0 Å². The Labute approximate surface area is 143 Å². The van der Waals surface area contributed by atoms with Gasteiger partial charge in [-0.3, -0.25) is 0 Å². The van der Waals surface area contributed by atoms with Gasteiger partial charge in [-0.15, -0.1) is 0 Å². The zero-order valence-corrected chi connectivity index (χ0v) is 13.3. The molecule has 0 aliphatic heterocycles. The van der Waals surface area contributed by atoms with Crippen LogP contribution in [0.25, 0.3) is 6.08 Å². The molecule has 0 amide bonds. The predicted molar refractivity (Wildman–Crippen MR) is 88.6 cm³/mol. The second-order valence-corrected chi connectivity index (χ2v) is 5.36. The summed E-state index contributed by atoms with van der Waals surface area (Å²) in [4.78, 5) is 10.5. The summed E-state index contributed by atoms with van der Waals surface area (Å²) in [6, 6.07) is 12.3. The van der Waals surface area contributed by atoms with Crippen molar-refractivity contribution in [1.29, 1.82) is 5.26 Å². The lowest BCUT2D eigenvalue weighted by Crippen LogP contribution is -1.99. The second-order valence-electron chi connectivity index (χ2n) is 4.54. The number of benzene rings is 2. The molecule has 0 heterocycles. The number of rotatable bonds is 5. The van der Waals surface area contributed by atoms with Crippen molar-refractivity contribution in [3.8, 4) is 11.8 Å². The summed E-state index contributed by atoms with van der Waals surface area (Å²) >= 11 is 12.3. The molecular formula is C17H11Cl2NO3. The minimum atomic E-state index is -1.06. The van der Waals surface area contributed by atoms with Gasteiger partial charge in [0.15, 0.2) is 5.75 Å². The lowest BCUT2D eigenvalue weighted by molar-refractivity contribution is -0.131. The van der Waals surface area contributed by atoms with Crippen molar-refractivity contribution >= 4 is 35.2 Å². The lowest BCUT2D eigenvalue weighted by Gasteiger charge is -2.11. The first-order valence-electron chi connectivity index (χ1n) is 6.52. The normalized spacial score (nSPS) is 10.5. The maximum absolute atomic E-state index is 10.5. The molecule has 0 aliphatic rings. The Hall–Kier alpha value is -2.48. The first-order chi connectivity index (χ1) is 11.0. The number of hydrogen-bond acceptors (Lipinski definition) is 3. The molecule has 0 aliphatic carbocycles. The molecule has 2 aromatic rings. The monoisotopic (exact) mass is 347 g/mol. The van der Waals surface area contributed by atoms with E-state index in [1.807, 2.05) is 6.07 Å². The average molecular weight is 348 g/mol. The van der Waals surface area contributed by atoms with Gasteiger partial charge < -0.3 is 9.84 Å². The van der Waals surface area contributed by atoms with Crippen molar-refractivity contribution in [1.82, 2.24) is 0 Å². The second kappa shape index (κ2) is 7.68. The molecule has 0 spiro atoms. The van der Waals surface area contributed by atoms with E-state index in [-0.39, 0.29) is 22.4 Å². The number of nitriles is 1. The number of aliphatic carboxylic acids is 1. The fraction of sp³-hybridized carbons (Fsp3) is 0.0588. The van der Waals surface area contributed by atoms with Crippen molar-refractivity contribution in [2.75, 3.05) is 0 Å².